The van der Waals surface area contributed by atoms with E-state index in [9.17, 15) is 0 Å². The quantitative estimate of drug-likeness (QED) is 0.808. The minimum Gasteiger partial charge on any atom is -0.392 e. The van der Waals surface area contributed by atoms with Crippen molar-refractivity contribution >= 4 is 0 Å². The Morgan fingerprint density at radius 1 is 1.33 bits per heavy atom. The molecule has 2 rings (SSSR count). The van der Waals surface area contributed by atoms with Crippen LogP contribution in [-0.2, 0) is 6.61 Å². The Hall–Kier alpha value is -1.61. The van der Waals surface area contributed by atoms with E-state index in [-0.39, 0.29) is 6.61 Å². The zero-order valence-electron chi connectivity index (χ0n) is 8.94. The van der Waals surface area contributed by atoms with Crippen molar-refractivity contribution in [2.75, 3.05) is 0 Å². The number of imidazole rings is 1. The largest absolute Gasteiger partial charge is 0.392 e. The summed E-state index contributed by atoms with van der Waals surface area (Å²) in [7, 11) is 0. The maximum Gasteiger partial charge on any atom is 0.110 e. The van der Waals surface area contributed by atoms with E-state index in [1.54, 1.807) is 6.20 Å². The summed E-state index contributed by atoms with van der Waals surface area (Å²) in [5, 5.41) is 9.02. The van der Waals surface area contributed by atoms with Gasteiger partial charge in [-0.05, 0) is 31.0 Å². The van der Waals surface area contributed by atoms with Crippen LogP contribution in [0.1, 0.15) is 17.0 Å². The molecular weight excluding hydrogens is 188 g/mol. The summed E-state index contributed by atoms with van der Waals surface area (Å²) >= 11 is 0. The number of benzene rings is 1. The van der Waals surface area contributed by atoms with Crippen LogP contribution in [0.3, 0.4) is 0 Å². The van der Waals surface area contributed by atoms with Gasteiger partial charge < -0.3 is 9.67 Å². The molecule has 0 aliphatic carbocycles. The number of aliphatic hydroxyl groups is 1. The summed E-state index contributed by atoms with van der Waals surface area (Å²) in [6, 6.07) is 5.94. The third-order valence-electron chi connectivity index (χ3n) is 2.53. The highest BCUT2D eigenvalue weighted by Crippen LogP contribution is 2.17. The fraction of sp³-hybridized carbons (Fsp3) is 0.250. The van der Waals surface area contributed by atoms with Crippen LogP contribution in [0.2, 0.25) is 0 Å². The molecule has 78 valence electrons. The smallest absolute Gasteiger partial charge is 0.110 e. The van der Waals surface area contributed by atoms with Crippen LogP contribution in [0.4, 0.5) is 0 Å². The van der Waals surface area contributed by atoms with E-state index in [1.807, 2.05) is 42.8 Å². The van der Waals surface area contributed by atoms with Gasteiger partial charge in [-0.2, -0.15) is 0 Å². The lowest BCUT2D eigenvalue weighted by Crippen LogP contribution is -1.99. The molecular formula is C12H14N2O. The minimum absolute atomic E-state index is 0.0873. The standard InChI is InChI=1S/C12H14N2O/c1-9-7-11(8-15)3-4-12(9)14-6-5-13-10(14)2/h3-7,15H,8H2,1-2H3. The Balaban J connectivity index is 2.50. The summed E-state index contributed by atoms with van der Waals surface area (Å²) in [5.74, 6) is 0.967. The fourth-order valence-electron chi connectivity index (χ4n) is 1.72. The Labute approximate surface area is 89.0 Å². The lowest BCUT2D eigenvalue weighted by atomic mass is 10.1. The maximum atomic E-state index is 9.02. The zero-order valence-corrected chi connectivity index (χ0v) is 8.94. The van der Waals surface area contributed by atoms with Crippen molar-refractivity contribution in [2.45, 2.75) is 20.5 Å². The molecule has 1 aromatic carbocycles. The highest BCUT2D eigenvalue weighted by molar-refractivity contribution is 5.43. The molecule has 0 saturated carbocycles. The average Bonchev–Trinajstić information content (AvgIpc) is 2.64. The van der Waals surface area contributed by atoms with Gasteiger partial charge in [-0.15, -0.1) is 0 Å². The first kappa shape index (κ1) is 9.93. The normalized spacial score (nSPS) is 10.6. The van der Waals surface area contributed by atoms with E-state index >= 15 is 0 Å². The molecule has 0 unspecified atom stereocenters. The molecule has 0 radical (unpaired) electrons. The summed E-state index contributed by atoms with van der Waals surface area (Å²) in [5.41, 5.74) is 3.19. The Kier molecular flexibility index (Phi) is 2.56. The van der Waals surface area contributed by atoms with Crippen molar-refractivity contribution in [1.82, 2.24) is 9.55 Å². The highest BCUT2D eigenvalue weighted by Gasteiger charge is 2.04. The molecule has 0 saturated heterocycles. The van der Waals surface area contributed by atoms with Crippen LogP contribution in [0.5, 0.6) is 0 Å². The van der Waals surface area contributed by atoms with E-state index < -0.39 is 0 Å². The van der Waals surface area contributed by atoms with Gasteiger partial charge in [0.2, 0.25) is 0 Å². The van der Waals surface area contributed by atoms with Gasteiger partial charge in [-0.3, -0.25) is 0 Å². The first-order valence-electron chi connectivity index (χ1n) is 4.93. The molecule has 0 amide bonds. The predicted octanol–water partition coefficient (Wildman–Crippen LogP) is 1.98. The molecule has 0 aliphatic heterocycles. The SMILES string of the molecule is Cc1cc(CO)ccc1-n1ccnc1C. The van der Waals surface area contributed by atoms with Crippen molar-refractivity contribution in [3.8, 4) is 5.69 Å². The Bertz CT molecular complexity index is 474. The summed E-state index contributed by atoms with van der Waals surface area (Å²) in [6.07, 6.45) is 3.73. The summed E-state index contributed by atoms with van der Waals surface area (Å²) < 4.78 is 2.04. The lowest BCUT2D eigenvalue weighted by Gasteiger charge is -2.09. The van der Waals surface area contributed by atoms with Crippen LogP contribution < -0.4 is 0 Å². The molecule has 1 aromatic heterocycles. The van der Waals surface area contributed by atoms with Gasteiger partial charge in [-0.25, -0.2) is 4.98 Å². The highest BCUT2D eigenvalue weighted by atomic mass is 16.3. The predicted molar refractivity (Wildman–Crippen MR) is 59.0 cm³/mol. The summed E-state index contributed by atoms with van der Waals surface area (Å²) in [6.45, 7) is 4.09. The number of aromatic nitrogens is 2. The third kappa shape index (κ3) is 1.78. The topological polar surface area (TPSA) is 38.0 Å². The van der Waals surface area contributed by atoms with Gasteiger partial charge >= 0.3 is 0 Å². The van der Waals surface area contributed by atoms with Crippen molar-refractivity contribution in [1.29, 1.82) is 0 Å². The molecule has 15 heavy (non-hydrogen) atoms. The van der Waals surface area contributed by atoms with E-state index in [4.69, 9.17) is 5.11 Å². The van der Waals surface area contributed by atoms with Crippen LogP contribution in [0, 0.1) is 13.8 Å². The molecule has 0 aliphatic rings. The van der Waals surface area contributed by atoms with E-state index in [2.05, 4.69) is 4.98 Å². The lowest BCUT2D eigenvalue weighted by molar-refractivity contribution is 0.282. The molecule has 0 bridgehead atoms. The Morgan fingerprint density at radius 3 is 2.67 bits per heavy atom. The number of hydrogen-bond donors (Lipinski definition) is 1. The van der Waals surface area contributed by atoms with Gasteiger partial charge in [0, 0.05) is 18.1 Å². The number of aryl methyl sites for hydroxylation is 2. The second-order valence-electron chi connectivity index (χ2n) is 3.62. The van der Waals surface area contributed by atoms with Gasteiger partial charge in [0.05, 0.1) is 6.61 Å². The number of nitrogens with zero attached hydrogens (tertiary/aromatic N) is 2. The molecule has 1 N–H and O–H groups in total. The zero-order chi connectivity index (χ0) is 10.8. The van der Waals surface area contributed by atoms with Crippen LogP contribution in [0.25, 0.3) is 5.69 Å². The molecule has 3 nitrogen and oxygen atoms in total. The maximum absolute atomic E-state index is 9.02. The molecule has 1 heterocycles. The molecule has 3 heteroatoms. The monoisotopic (exact) mass is 202 g/mol. The molecule has 0 atom stereocenters. The van der Waals surface area contributed by atoms with E-state index in [0.717, 1.165) is 22.6 Å². The summed E-state index contributed by atoms with van der Waals surface area (Å²) in [4.78, 5) is 4.19. The Morgan fingerprint density at radius 2 is 2.13 bits per heavy atom. The van der Waals surface area contributed by atoms with E-state index in [1.165, 1.54) is 0 Å². The van der Waals surface area contributed by atoms with Crippen molar-refractivity contribution < 1.29 is 5.11 Å². The molecule has 0 spiro atoms. The van der Waals surface area contributed by atoms with Crippen LogP contribution in [-0.4, -0.2) is 14.7 Å². The third-order valence-corrected chi connectivity index (χ3v) is 2.53. The van der Waals surface area contributed by atoms with Crippen LogP contribution in [0.15, 0.2) is 30.6 Å². The van der Waals surface area contributed by atoms with Gasteiger partial charge in [0.15, 0.2) is 0 Å². The number of hydrogen-bond acceptors (Lipinski definition) is 2. The van der Waals surface area contributed by atoms with Crippen molar-refractivity contribution in [2.24, 2.45) is 0 Å². The van der Waals surface area contributed by atoms with Crippen molar-refractivity contribution in [3.63, 3.8) is 0 Å². The first-order chi connectivity index (χ1) is 7.22. The van der Waals surface area contributed by atoms with Crippen molar-refractivity contribution in [3.05, 3.63) is 47.5 Å². The first-order valence-corrected chi connectivity index (χ1v) is 4.93. The average molecular weight is 202 g/mol. The van der Waals surface area contributed by atoms with Gasteiger partial charge in [0.25, 0.3) is 0 Å². The number of rotatable bonds is 2. The number of aliphatic hydroxyl groups excluding tert-OH is 1. The van der Waals surface area contributed by atoms with Crippen LogP contribution >= 0.6 is 0 Å². The molecule has 2 aromatic rings. The minimum atomic E-state index is 0.0873. The second-order valence-corrected chi connectivity index (χ2v) is 3.62. The van der Waals surface area contributed by atoms with Gasteiger partial charge in [0.1, 0.15) is 5.82 Å². The van der Waals surface area contributed by atoms with Gasteiger partial charge in [-0.1, -0.05) is 12.1 Å². The van der Waals surface area contributed by atoms with E-state index in [0.29, 0.717) is 0 Å². The fourth-order valence-corrected chi connectivity index (χ4v) is 1.72. The second kappa shape index (κ2) is 3.87. The molecule has 0 fully saturated rings.